The van der Waals surface area contributed by atoms with Crippen molar-refractivity contribution < 1.29 is 0 Å². The fourth-order valence-electron chi connectivity index (χ4n) is 1.01. The number of allylic oxidation sites excluding steroid dienone is 1. The van der Waals surface area contributed by atoms with Crippen molar-refractivity contribution in [2.45, 2.75) is 26.7 Å². The lowest BCUT2D eigenvalue weighted by atomic mass is 9.85. The molecule has 2 N–H and O–H groups in total. The zero-order valence-corrected chi connectivity index (χ0v) is 7.43. The highest BCUT2D eigenvalue weighted by Gasteiger charge is 2.16. The van der Waals surface area contributed by atoms with E-state index < -0.39 is 0 Å². The van der Waals surface area contributed by atoms with Crippen LogP contribution in [0.15, 0.2) is 12.2 Å². The van der Waals surface area contributed by atoms with Gasteiger partial charge in [0, 0.05) is 13.0 Å². The largest absolute Gasteiger partial charge is 0.330 e. The first-order valence-electron chi connectivity index (χ1n) is 3.96. The number of terminal acetylenes is 1. The molecule has 1 atom stereocenters. The van der Waals surface area contributed by atoms with Gasteiger partial charge in [-0.05, 0) is 18.8 Å². The Kier molecular flexibility index (Phi) is 4.65. The Labute approximate surface area is 69.7 Å². The van der Waals surface area contributed by atoms with Crippen molar-refractivity contribution in [2.24, 2.45) is 11.1 Å². The van der Waals surface area contributed by atoms with Crippen LogP contribution in [0.3, 0.4) is 0 Å². The Morgan fingerprint density at radius 3 is 2.64 bits per heavy atom. The van der Waals surface area contributed by atoms with Crippen LogP contribution in [0.5, 0.6) is 0 Å². The van der Waals surface area contributed by atoms with E-state index in [2.05, 4.69) is 18.9 Å². The van der Waals surface area contributed by atoms with Crippen LogP contribution in [0.2, 0.25) is 0 Å². The molecule has 0 aliphatic rings. The fourth-order valence-corrected chi connectivity index (χ4v) is 1.01. The van der Waals surface area contributed by atoms with Gasteiger partial charge in [0.1, 0.15) is 0 Å². The number of hydrogen-bond acceptors (Lipinski definition) is 1. The van der Waals surface area contributed by atoms with Gasteiger partial charge < -0.3 is 5.73 Å². The molecular formula is C10H17N. The Balaban J connectivity index is 4.01. The summed E-state index contributed by atoms with van der Waals surface area (Å²) in [6.45, 7) is 4.80. The number of nitrogens with two attached hydrogens (primary N) is 1. The van der Waals surface area contributed by atoms with Crippen molar-refractivity contribution in [1.82, 2.24) is 0 Å². The summed E-state index contributed by atoms with van der Waals surface area (Å²) in [5.41, 5.74) is 5.71. The van der Waals surface area contributed by atoms with Crippen LogP contribution >= 0.6 is 0 Å². The van der Waals surface area contributed by atoms with Crippen molar-refractivity contribution in [3.63, 3.8) is 0 Å². The fraction of sp³-hybridized carbons (Fsp3) is 0.600. The Morgan fingerprint density at radius 1 is 1.64 bits per heavy atom. The van der Waals surface area contributed by atoms with Crippen LogP contribution in [0, 0.1) is 17.8 Å². The third kappa shape index (κ3) is 3.85. The highest BCUT2D eigenvalue weighted by Crippen LogP contribution is 2.22. The van der Waals surface area contributed by atoms with Gasteiger partial charge in [-0.25, -0.2) is 0 Å². The zero-order valence-electron chi connectivity index (χ0n) is 7.43. The molecule has 1 heteroatoms. The number of rotatable bonds is 4. The molecule has 0 amide bonds. The quantitative estimate of drug-likeness (QED) is 0.482. The third-order valence-electron chi connectivity index (χ3n) is 1.88. The average Bonchev–Trinajstić information content (AvgIpc) is 2.02. The Bertz CT molecular complexity index is 164. The Morgan fingerprint density at radius 2 is 2.27 bits per heavy atom. The average molecular weight is 151 g/mol. The maximum atomic E-state index is 5.61. The molecular weight excluding hydrogens is 134 g/mol. The minimum atomic E-state index is 0.0983. The SMILES string of the molecule is C#CCC[C@@](C)(C=CC)CN. The molecule has 0 aromatic carbocycles. The van der Waals surface area contributed by atoms with Gasteiger partial charge in [0.25, 0.3) is 0 Å². The molecule has 0 heterocycles. The van der Waals surface area contributed by atoms with E-state index in [0.29, 0.717) is 6.54 Å². The lowest BCUT2D eigenvalue weighted by Gasteiger charge is -2.22. The van der Waals surface area contributed by atoms with E-state index in [1.165, 1.54) is 0 Å². The molecule has 0 unspecified atom stereocenters. The van der Waals surface area contributed by atoms with Crippen LogP contribution in [-0.4, -0.2) is 6.54 Å². The summed E-state index contributed by atoms with van der Waals surface area (Å²) in [6.07, 6.45) is 11.1. The molecule has 1 nitrogen and oxygen atoms in total. The standard InChI is InChI=1S/C10H17N/c1-4-6-8-10(3,9-11)7-5-2/h1,5,7H,6,8-9,11H2,2-3H3/t10-/m1/s1. The monoisotopic (exact) mass is 151 g/mol. The zero-order chi connectivity index (χ0) is 8.74. The molecule has 0 aromatic heterocycles. The maximum Gasteiger partial charge on any atom is 0.00947 e. The number of hydrogen-bond donors (Lipinski definition) is 1. The summed E-state index contributed by atoms with van der Waals surface area (Å²) in [5, 5.41) is 0. The molecule has 0 fully saturated rings. The second-order valence-corrected chi connectivity index (χ2v) is 3.06. The van der Waals surface area contributed by atoms with Gasteiger partial charge in [0.15, 0.2) is 0 Å². The van der Waals surface area contributed by atoms with Crippen LogP contribution < -0.4 is 5.73 Å². The smallest absolute Gasteiger partial charge is 0.00947 e. The molecule has 0 saturated heterocycles. The second-order valence-electron chi connectivity index (χ2n) is 3.06. The molecule has 0 saturated carbocycles. The molecule has 11 heavy (non-hydrogen) atoms. The molecule has 0 aliphatic carbocycles. The second kappa shape index (κ2) is 4.98. The lowest BCUT2D eigenvalue weighted by Crippen LogP contribution is -2.24. The van der Waals surface area contributed by atoms with E-state index in [0.717, 1.165) is 12.8 Å². The van der Waals surface area contributed by atoms with Gasteiger partial charge in [-0.1, -0.05) is 19.1 Å². The van der Waals surface area contributed by atoms with E-state index in [4.69, 9.17) is 12.2 Å². The minimum absolute atomic E-state index is 0.0983. The highest BCUT2D eigenvalue weighted by molar-refractivity contribution is 4.99. The summed E-state index contributed by atoms with van der Waals surface area (Å²) in [6, 6.07) is 0. The van der Waals surface area contributed by atoms with Crippen LogP contribution in [0.1, 0.15) is 26.7 Å². The highest BCUT2D eigenvalue weighted by atomic mass is 14.6. The maximum absolute atomic E-state index is 5.61. The van der Waals surface area contributed by atoms with E-state index in [1.54, 1.807) is 0 Å². The predicted molar refractivity (Wildman–Crippen MR) is 50.0 cm³/mol. The van der Waals surface area contributed by atoms with Crippen LogP contribution in [-0.2, 0) is 0 Å². The molecule has 0 aliphatic heterocycles. The predicted octanol–water partition coefficient (Wildman–Crippen LogP) is 1.94. The molecule has 0 aromatic rings. The van der Waals surface area contributed by atoms with Gasteiger partial charge in [-0.3, -0.25) is 0 Å². The Hall–Kier alpha value is -0.740. The molecule has 0 rings (SSSR count). The molecule has 62 valence electrons. The van der Waals surface area contributed by atoms with Crippen molar-refractivity contribution in [2.75, 3.05) is 6.54 Å². The van der Waals surface area contributed by atoms with Gasteiger partial charge >= 0.3 is 0 Å². The normalized spacial score (nSPS) is 16.2. The molecule has 0 spiro atoms. The molecule has 0 bridgehead atoms. The van der Waals surface area contributed by atoms with Gasteiger partial charge in [0.05, 0.1) is 0 Å². The van der Waals surface area contributed by atoms with Crippen LogP contribution in [0.4, 0.5) is 0 Å². The van der Waals surface area contributed by atoms with E-state index in [1.807, 2.05) is 13.0 Å². The van der Waals surface area contributed by atoms with E-state index in [9.17, 15) is 0 Å². The van der Waals surface area contributed by atoms with Gasteiger partial charge in [0.2, 0.25) is 0 Å². The van der Waals surface area contributed by atoms with Crippen molar-refractivity contribution in [3.8, 4) is 12.3 Å². The van der Waals surface area contributed by atoms with Crippen molar-refractivity contribution in [3.05, 3.63) is 12.2 Å². The van der Waals surface area contributed by atoms with E-state index in [-0.39, 0.29) is 5.41 Å². The summed E-state index contributed by atoms with van der Waals surface area (Å²) in [5.74, 6) is 2.63. The summed E-state index contributed by atoms with van der Waals surface area (Å²) >= 11 is 0. The molecule has 0 radical (unpaired) electrons. The minimum Gasteiger partial charge on any atom is -0.330 e. The van der Waals surface area contributed by atoms with Gasteiger partial charge in [-0.15, -0.1) is 12.3 Å². The topological polar surface area (TPSA) is 26.0 Å². The first-order valence-corrected chi connectivity index (χ1v) is 3.96. The first kappa shape index (κ1) is 10.3. The third-order valence-corrected chi connectivity index (χ3v) is 1.88. The first-order chi connectivity index (χ1) is 5.18. The van der Waals surface area contributed by atoms with E-state index >= 15 is 0 Å². The lowest BCUT2D eigenvalue weighted by molar-refractivity contribution is 0.410. The van der Waals surface area contributed by atoms with Crippen molar-refractivity contribution >= 4 is 0 Å². The van der Waals surface area contributed by atoms with Crippen molar-refractivity contribution in [1.29, 1.82) is 0 Å². The summed E-state index contributed by atoms with van der Waals surface area (Å²) in [7, 11) is 0. The van der Waals surface area contributed by atoms with Crippen LogP contribution in [0.25, 0.3) is 0 Å². The van der Waals surface area contributed by atoms with Gasteiger partial charge in [-0.2, -0.15) is 0 Å². The summed E-state index contributed by atoms with van der Waals surface area (Å²) < 4.78 is 0. The summed E-state index contributed by atoms with van der Waals surface area (Å²) in [4.78, 5) is 0.